The molecule has 7 aliphatic heterocycles. The number of hydrogen-bond acceptors (Lipinski definition) is 35. The van der Waals surface area contributed by atoms with Crippen molar-refractivity contribution in [2.45, 2.75) is 156 Å². The van der Waals surface area contributed by atoms with Gasteiger partial charge < -0.3 is 110 Å². The first kappa shape index (κ1) is 62.2. The molecule has 7 aromatic rings. The first-order valence-corrected chi connectivity index (χ1v) is 35.5. The average molecular weight is 1370 g/mol. The van der Waals surface area contributed by atoms with Crippen molar-refractivity contribution in [2.75, 3.05) is 42.8 Å². The molecule has 10 N–H and O–H groups in total. The third kappa shape index (κ3) is 10.0. The molecule has 0 radical (unpaired) electrons. The number of rotatable bonds is 20. The third-order valence-electron chi connectivity index (χ3n) is 17.6. The normalized spacial score (nSPS) is 36.4. The van der Waals surface area contributed by atoms with Crippen molar-refractivity contribution in [3.8, 4) is 0 Å². The van der Waals surface area contributed by atoms with E-state index in [1.54, 1.807) is 32.3 Å². The number of H-pyrrole nitrogens is 1. The zero-order valence-electron chi connectivity index (χ0n) is 47.6. The number of aromatic amines is 1. The van der Waals surface area contributed by atoms with Gasteiger partial charge >= 0.3 is 5.69 Å². The molecule has 21 atom stereocenters. The Labute approximate surface area is 521 Å². The van der Waals surface area contributed by atoms with Crippen molar-refractivity contribution in [1.29, 1.82) is 0 Å². The summed E-state index contributed by atoms with van der Waals surface area (Å²) in [5, 5.41) is 11.7. The van der Waals surface area contributed by atoms with E-state index in [-0.39, 0.29) is 52.2 Å². The molecule has 0 saturated carbocycles. The molecule has 484 valence electrons. The van der Waals surface area contributed by atoms with Crippen LogP contribution in [0.2, 0.25) is 0 Å². The molecule has 7 fully saturated rings. The highest BCUT2D eigenvalue weighted by atomic mass is 32.7. The first-order valence-electron chi connectivity index (χ1n) is 27.8. The highest BCUT2D eigenvalue weighted by Gasteiger charge is 2.71. The van der Waals surface area contributed by atoms with Crippen LogP contribution in [0.15, 0.2) is 47.4 Å². The van der Waals surface area contributed by atoms with Crippen LogP contribution < -0.4 is 44.0 Å². The highest BCUT2D eigenvalue weighted by molar-refractivity contribution is 8.32. The fourth-order valence-electron chi connectivity index (χ4n) is 12.9. The number of aromatic nitrogens is 14. The number of ether oxygens (including phenoxy) is 7. The van der Waals surface area contributed by atoms with E-state index in [4.69, 9.17) is 119 Å². The zero-order chi connectivity index (χ0) is 63.5. The van der Waals surface area contributed by atoms with Crippen LogP contribution in [-0.2, 0) is 101 Å². The van der Waals surface area contributed by atoms with Crippen LogP contribution in [0.4, 0.5) is 23.4 Å². The van der Waals surface area contributed by atoms with E-state index in [0.717, 1.165) is 4.57 Å². The van der Waals surface area contributed by atoms with Gasteiger partial charge in [-0.3, -0.25) is 32.6 Å². The second kappa shape index (κ2) is 22.2. The maximum Gasteiger partial charge on any atom is 0.351 e. The highest BCUT2D eigenvalue weighted by Crippen LogP contribution is 2.62. The SMILES string of the molecule is CC[C@H]1O[C@@H](n2cnc3c(N)ncnc32)C[C@H]1OP([O-])(=S)OC[C@]12O[C@@H](n3cnc4c(N)ncnc43)C(O[C@H]1C)[C@H]2OP(=O)([S-])OC[C@]12O[C@@H](n3cnc4c(=O)[nH]c(N)nc43)C(O[C@H]1C)[C@H]2OP([O-])(=S)OC[C@]12O[C@@H](n3cc(C)c(N)nc3=O)C(O[C@H]1C)[C@H]2O. The minimum atomic E-state index is -4.95. The Morgan fingerprint density at radius 1 is 0.678 bits per heavy atom. The molecule has 7 saturated heterocycles. The van der Waals surface area contributed by atoms with E-state index < -0.39 is 160 Å². The van der Waals surface area contributed by atoms with E-state index in [1.807, 2.05) is 6.92 Å². The molecule has 14 rings (SSSR count). The second-order valence-electron chi connectivity index (χ2n) is 22.6. The number of hydrogen-bond donors (Lipinski definition) is 6. The Morgan fingerprint density at radius 3 is 1.82 bits per heavy atom. The molecule has 7 aliphatic rings. The summed E-state index contributed by atoms with van der Waals surface area (Å²) in [7, 11) is 0. The number of aryl methyl sites for hydroxylation is 1. The number of anilines is 4. The van der Waals surface area contributed by atoms with Crippen LogP contribution in [0.5, 0.6) is 0 Å². The molecule has 0 amide bonds. The Hall–Kier alpha value is -5.23. The summed E-state index contributed by atoms with van der Waals surface area (Å²) in [6.07, 6.45) is -8.70. The van der Waals surface area contributed by atoms with Gasteiger partial charge in [0.1, 0.15) is 103 Å². The van der Waals surface area contributed by atoms with Crippen molar-refractivity contribution in [3.05, 3.63) is 64.2 Å². The minimum absolute atomic E-state index is 0.0104. The second-order valence-corrected chi connectivity index (χ2v) is 30.8. The maximum atomic E-state index is 15.2. The van der Waals surface area contributed by atoms with Gasteiger partial charge in [-0.15, -0.1) is 0 Å². The Bertz CT molecular complexity index is 4310. The standard InChI is InChI=1S/C47H59N18O19P3S3/c1-6-21-22(7-23(78-21)63-14-56-24-34(49)52-12-54-36(24)63)82-85(69,88)73-10-46-19(4)76-28(41(80-46)64-15-57-25-35(50)53-13-55-37(25)64)31(46)84-87(71,90)74-11-47-20(5)77-29(42(81-47)65-16-58-26-38(65)60-43(51)61-39(26)67)32(47)83-86(70,89)72-9-45-18(3)75-27(30(45)66)40(79-45)62-8-17(2)33(48)59-44(62)68/h8,12-16,18-23,27-32,40-42,66H,6-7,9-11H2,1-5H3,(H,69,88)(H,70,89)(H,71,90)(H2,48,59,68)(H2,49,52,54)(H2,50,53,55)(H3,51,60,61,67)/p-3/t18-,19-,20-,21+,22+,23+,27?,28?,29?,30+,31+,32+,40+,41+,42+,45-,46-,47-,85?,86?,87?/m0/s1. The van der Waals surface area contributed by atoms with Crippen molar-refractivity contribution in [1.82, 2.24) is 68.1 Å². The minimum Gasteiger partial charge on any atom is -0.780 e. The summed E-state index contributed by atoms with van der Waals surface area (Å²) in [5.41, 5.74) is 18.3. The summed E-state index contributed by atoms with van der Waals surface area (Å²) in [6, 6.07) is 0. The van der Waals surface area contributed by atoms with E-state index in [2.05, 4.69) is 49.8 Å². The summed E-state index contributed by atoms with van der Waals surface area (Å²) >= 11 is 16.9. The predicted octanol–water partition coefficient (Wildman–Crippen LogP) is -1.05. The Morgan fingerprint density at radius 2 is 1.19 bits per heavy atom. The Balaban J connectivity index is 0.742. The molecule has 0 spiro atoms. The largest absolute Gasteiger partial charge is 0.780 e. The van der Waals surface area contributed by atoms with E-state index in [0.29, 0.717) is 23.1 Å². The molecule has 90 heavy (non-hydrogen) atoms. The van der Waals surface area contributed by atoms with Gasteiger partial charge in [-0.25, -0.2) is 39.7 Å². The lowest BCUT2D eigenvalue weighted by molar-refractivity contribution is -0.240. The summed E-state index contributed by atoms with van der Waals surface area (Å²) in [6.45, 7) is -8.35. The molecule has 0 aliphatic carbocycles. The summed E-state index contributed by atoms with van der Waals surface area (Å²) in [4.78, 5) is 95.6. The van der Waals surface area contributed by atoms with Crippen LogP contribution in [0.1, 0.15) is 71.0 Å². The molecule has 7 aromatic heterocycles. The third-order valence-corrected chi connectivity index (χ3v) is 22.2. The number of fused-ring (bicyclic) bond motifs is 9. The van der Waals surface area contributed by atoms with Gasteiger partial charge in [0.15, 0.2) is 59.6 Å². The van der Waals surface area contributed by atoms with Crippen LogP contribution in [0.3, 0.4) is 0 Å². The summed E-state index contributed by atoms with van der Waals surface area (Å²) in [5.74, 6) is -0.0725. The maximum absolute atomic E-state index is 15.2. The zero-order valence-corrected chi connectivity index (χ0v) is 52.8. The Kier molecular flexibility index (Phi) is 15.4. The van der Waals surface area contributed by atoms with Gasteiger partial charge in [0, 0.05) is 18.2 Å². The van der Waals surface area contributed by atoms with Gasteiger partial charge in [-0.05, 0) is 34.1 Å². The molecule has 14 heterocycles. The quantitative estimate of drug-likeness (QED) is 0.0391. The van der Waals surface area contributed by atoms with E-state index in [1.165, 1.54) is 47.0 Å². The van der Waals surface area contributed by atoms with E-state index in [9.17, 15) is 24.5 Å². The molecular weight excluding hydrogens is 1310 g/mol. The van der Waals surface area contributed by atoms with Crippen molar-refractivity contribution < 1.29 is 79.8 Å². The fourth-order valence-corrected chi connectivity index (χ4v) is 17.3. The van der Waals surface area contributed by atoms with Crippen LogP contribution in [0.25, 0.3) is 33.5 Å². The molecule has 6 bridgehead atoms. The van der Waals surface area contributed by atoms with Crippen molar-refractivity contribution in [3.63, 3.8) is 0 Å². The van der Waals surface area contributed by atoms with Gasteiger partial charge in [-0.2, -0.15) is 9.97 Å². The number of nitrogens with one attached hydrogen (secondary N) is 1. The summed E-state index contributed by atoms with van der Waals surface area (Å²) < 4.78 is 103. The van der Waals surface area contributed by atoms with Crippen LogP contribution >= 0.6 is 20.2 Å². The predicted molar refractivity (Wildman–Crippen MR) is 312 cm³/mol. The molecule has 37 nitrogen and oxygen atoms in total. The van der Waals surface area contributed by atoms with Gasteiger partial charge in [0.05, 0.1) is 69.3 Å². The van der Waals surface area contributed by atoms with Crippen LogP contribution in [0, 0.1) is 6.92 Å². The van der Waals surface area contributed by atoms with Gasteiger partial charge in [0.25, 0.3) is 5.56 Å². The molecule has 0 aromatic carbocycles. The fraction of sp³-hybridized carbons (Fsp3) is 0.596. The average Bonchev–Trinajstić information content (AvgIpc) is 1.56. The monoisotopic (exact) mass is 1370 g/mol. The lowest BCUT2D eigenvalue weighted by Gasteiger charge is -2.42. The lowest BCUT2D eigenvalue weighted by atomic mass is 9.94. The molecule has 6 unspecified atom stereocenters. The van der Waals surface area contributed by atoms with Gasteiger partial charge in [0.2, 0.25) is 5.95 Å². The van der Waals surface area contributed by atoms with Crippen LogP contribution in [-0.4, -0.2) is 177 Å². The van der Waals surface area contributed by atoms with Gasteiger partial charge in [-0.1, -0.05) is 30.5 Å². The first-order chi connectivity index (χ1) is 42.7. The van der Waals surface area contributed by atoms with Crippen molar-refractivity contribution >= 4 is 113 Å². The number of imidazole rings is 3. The van der Waals surface area contributed by atoms with Crippen molar-refractivity contribution in [2.24, 2.45) is 0 Å². The molecule has 43 heteroatoms. The molecular formula is C47H56N18O19P3S3-3. The number of aliphatic hydroxyl groups is 1. The topological polar surface area (TPSA) is 493 Å². The number of nitrogen functional groups attached to an aromatic ring is 4. The number of aliphatic hydroxyl groups excluding tert-OH is 1. The lowest BCUT2D eigenvalue weighted by Crippen LogP contribution is -2.52. The smallest absolute Gasteiger partial charge is 0.351 e. The van der Waals surface area contributed by atoms with E-state index >= 15 is 4.57 Å². The number of nitrogens with two attached hydrogens (primary N) is 4. The number of nitrogens with zero attached hydrogens (tertiary/aromatic N) is 13.